The third-order valence-corrected chi connectivity index (χ3v) is 2.28. The fourth-order valence-corrected chi connectivity index (χ4v) is 1.56. The van der Waals surface area contributed by atoms with E-state index in [4.69, 9.17) is 10.3 Å². The maximum atomic E-state index is 6.02. The van der Waals surface area contributed by atoms with Gasteiger partial charge in [-0.3, -0.25) is 4.98 Å². The van der Waals surface area contributed by atoms with Crippen LogP contribution in [0, 0.1) is 0 Å². The molecule has 0 saturated heterocycles. The van der Waals surface area contributed by atoms with Gasteiger partial charge in [0.15, 0.2) is 5.58 Å². The number of aromatic nitrogens is 2. The van der Waals surface area contributed by atoms with E-state index in [1.807, 2.05) is 6.07 Å². The summed E-state index contributed by atoms with van der Waals surface area (Å²) in [7, 11) is 0. The highest BCUT2D eigenvalue weighted by Crippen LogP contribution is 2.23. The Morgan fingerprint density at radius 3 is 3.21 bits per heavy atom. The Hall–Kier alpha value is -1.42. The zero-order valence-electron chi connectivity index (χ0n) is 8.10. The minimum Gasteiger partial charge on any atom is -0.354 e. The molecule has 1 unspecified atom stereocenters. The predicted molar refractivity (Wildman–Crippen MR) is 53.6 cm³/mol. The van der Waals surface area contributed by atoms with Crippen molar-refractivity contribution in [2.75, 3.05) is 0 Å². The molecule has 14 heavy (non-hydrogen) atoms. The van der Waals surface area contributed by atoms with E-state index in [-0.39, 0.29) is 6.04 Å². The van der Waals surface area contributed by atoms with E-state index in [9.17, 15) is 0 Å². The van der Waals surface area contributed by atoms with Gasteiger partial charge in [-0.2, -0.15) is 0 Å². The highest BCUT2D eigenvalue weighted by Gasteiger charge is 2.12. The van der Waals surface area contributed by atoms with Crippen LogP contribution in [0.3, 0.4) is 0 Å². The first kappa shape index (κ1) is 9.15. The van der Waals surface area contributed by atoms with Crippen molar-refractivity contribution in [2.45, 2.75) is 25.8 Å². The van der Waals surface area contributed by atoms with Crippen LogP contribution in [0.1, 0.15) is 31.4 Å². The van der Waals surface area contributed by atoms with Crippen molar-refractivity contribution in [2.24, 2.45) is 5.73 Å². The van der Waals surface area contributed by atoms with Crippen molar-refractivity contribution in [3.8, 4) is 0 Å². The van der Waals surface area contributed by atoms with Gasteiger partial charge in [-0.05, 0) is 12.5 Å². The van der Waals surface area contributed by atoms with E-state index in [1.165, 1.54) is 0 Å². The van der Waals surface area contributed by atoms with Crippen molar-refractivity contribution in [1.29, 1.82) is 0 Å². The molecule has 2 heterocycles. The number of hydrogen-bond donors (Lipinski definition) is 1. The molecule has 0 aliphatic rings. The molecule has 0 fully saturated rings. The summed E-state index contributed by atoms with van der Waals surface area (Å²) in [6.45, 7) is 2.11. The average molecular weight is 191 g/mol. The zero-order valence-corrected chi connectivity index (χ0v) is 8.10. The summed E-state index contributed by atoms with van der Waals surface area (Å²) in [5.74, 6) is 0. The molecule has 0 saturated carbocycles. The Morgan fingerprint density at radius 2 is 2.43 bits per heavy atom. The molecule has 2 aromatic heterocycles. The lowest BCUT2D eigenvalue weighted by Crippen LogP contribution is -2.09. The van der Waals surface area contributed by atoms with Crippen LogP contribution in [-0.4, -0.2) is 10.1 Å². The van der Waals surface area contributed by atoms with E-state index < -0.39 is 0 Å². The van der Waals surface area contributed by atoms with Gasteiger partial charge >= 0.3 is 0 Å². The van der Waals surface area contributed by atoms with Gasteiger partial charge in [0.2, 0.25) is 0 Å². The molecule has 74 valence electrons. The van der Waals surface area contributed by atoms with Gasteiger partial charge in [0.1, 0.15) is 5.52 Å². The fourth-order valence-electron chi connectivity index (χ4n) is 1.56. The van der Waals surface area contributed by atoms with Crippen molar-refractivity contribution >= 4 is 11.1 Å². The van der Waals surface area contributed by atoms with E-state index in [2.05, 4.69) is 17.1 Å². The third-order valence-electron chi connectivity index (χ3n) is 2.28. The van der Waals surface area contributed by atoms with Crippen LogP contribution >= 0.6 is 0 Å². The van der Waals surface area contributed by atoms with E-state index in [0.717, 1.165) is 23.9 Å². The summed E-state index contributed by atoms with van der Waals surface area (Å²) in [6.07, 6.45) is 5.35. The summed E-state index contributed by atoms with van der Waals surface area (Å²) >= 11 is 0. The van der Waals surface area contributed by atoms with Crippen LogP contribution in [0.5, 0.6) is 0 Å². The van der Waals surface area contributed by atoms with Gasteiger partial charge in [-0.1, -0.05) is 18.5 Å². The molecule has 0 aliphatic heterocycles. The number of nitrogens with two attached hydrogens (primary N) is 1. The number of pyridine rings is 1. The van der Waals surface area contributed by atoms with Crippen LogP contribution in [0.25, 0.3) is 11.1 Å². The maximum Gasteiger partial charge on any atom is 0.190 e. The van der Waals surface area contributed by atoms with Gasteiger partial charge in [0, 0.05) is 17.8 Å². The standard InChI is InChI=1S/C10H13N3O/c1-2-3-8(11)7-4-5-12-9-6-13-14-10(7)9/h4-6,8H,2-3,11H2,1H3. The lowest BCUT2D eigenvalue weighted by Gasteiger charge is -2.09. The minimum atomic E-state index is 0.0125. The molecule has 4 heteroatoms. The van der Waals surface area contributed by atoms with Gasteiger partial charge in [-0.25, -0.2) is 0 Å². The second-order valence-electron chi connectivity index (χ2n) is 3.34. The second kappa shape index (κ2) is 3.75. The van der Waals surface area contributed by atoms with Crippen LogP contribution < -0.4 is 5.73 Å². The molecule has 2 N–H and O–H groups in total. The molecular weight excluding hydrogens is 178 g/mol. The lowest BCUT2D eigenvalue weighted by molar-refractivity contribution is 0.450. The van der Waals surface area contributed by atoms with Gasteiger partial charge in [-0.15, -0.1) is 0 Å². The van der Waals surface area contributed by atoms with Gasteiger partial charge < -0.3 is 10.3 Å². The molecule has 0 aromatic carbocycles. The lowest BCUT2D eigenvalue weighted by atomic mass is 10.0. The summed E-state index contributed by atoms with van der Waals surface area (Å²) < 4.78 is 5.12. The Labute approximate surface area is 82.1 Å². The Morgan fingerprint density at radius 1 is 1.57 bits per heavy atom. The highest BCUT2D eigenvalue weighted by atomic mass is 16.5. The molecule has 2 rings (SSSR count). The first-order chi connectivity index (χ1) is 6.83. The van der Waals surface area contributed by atoms with Crippen molar-refractivity contribution in [3.05, 3.63) is 24.0 Å². The normalized spacial score (nSPS) is 13.3. The highest BCUT2D eigenvalue weighted by molar-refractivity contribution is 5.74. The topological polar surface area (TPSA) is 64.9 Å². The van der Waals surface area contributed by atoms with Crippen molar-refractivity contribution in [1.82, 2.24) is 10.1 Å². The second-order valence-corrected chi connectivity index (χ2v) is 3.34. The molecule has 0 bridgehead atoms. The third kappa shape index (κ3) is 1.48. The van der Waals surface area contributed by atoms with Crippen molar-refractivity contribution in [3.63, 3.8) is 0 Å². The monoisotopic (exact) mass is 191 g/mol. The summed E-state index contributed by atoms with van der Waals surface area (Å²) in [4.78, 5) is 4.13. The SMILES string of the molecule is CCCC(N)c1ccnc2cnoc12. The number of nitrogens with zero attached hydrogens (tertiary/aromatic N) is 2. The van der Waals surface area contributed by atoms with Crippen molar-refractivity contribution < 1.29 is 4.52 Å². The predicted octanol–water partition coefficient (Wildman–Crippen LogP) is 2.02. The van der Waals surface area contributed by atoms with E-state index in [1.54, 1.807) is 12.4 Å². The molecule has 4 nitrogen and oxygen atoms in total. The first-order valence-corrected chi connectivity index (χ1v) is 4.77. The van der Waals surface area contributed by atoms with E-state index >= 15 is 0 Å². The van der Waals surface area contributed by atoms with Crippen LogP contribution in [0.15, 0.2) is 23.0 Å². The van der Waals surface area contributed by atoms with Gasteiger partial charge in [0.05, 0.1) is 6.20 Å². The zero-order chi connectivity index (χ0) is 9.97. The smallest absolute Gasteiger partial charge is 0.190 e. The number of hydrogen-bond acceptors (Lipinski definition) is 4. The Bertz CT molecular complexity index is 424. The van der Waals surface area contributed by atoms with E-state index in [0.29, 0.717) is 5.58 Å². The number of rotatable bonds is 3. The molecule has 2 aromatic rings. The molecule has 1 atom stereocenters. The minimum absolute atomic E-state index is 0.0125. The summed E-state index contributed by atoms with van der Waals surface area (Å²) in [5, 5.41) is 3.71. The van der Waals surface area contributed by atoms with Gasteiger partial charge in [0.25, 0.3) is 0 Å². The largest absolute Gasteiger partial charge is 0.354 e. The fraction of sp³-hybridized carbons (Fsp3) is 0.400. The first-order valence-electron chi connectivity index (χ1n) is 4.77. The quantitative estimate of drug-likeness (QED) is 0.806. The maximum absolute atomic E-state index is 6.02. The molecule has 0 radical (unpaired) electrons. The van der Waals surface area contributed by atoms with Crippen LogP contribution in [0.4, 0.5) is 0 Å². The summed E-state index contributed by atoms with van der Waals surface area (Å²) in [5.41, 5.74) is 8.50. The molecule has 0 aliphatic carbocycles. The Balaban J connectivity index is 2.45. The Kier molecular flexibility index (Phi) is 2.45. The van der Waals surface area contributed by atoms with Crippen LogP contribution in [0.2, 0.25) is 0 Å². The molecule has 0 spiro atoms. The molecule has 0 amide bonds. The van der Waals surface area contributed by atoms with Crippen LogP contribution in [-0.2, 0) is 0 Å². The summed E-state index contributed by atoms with van der Waals surface area (Å²) in [6, 6.07) is 1.91. The molecular formula is C10H13N3O. The average Bonchev–Trinajstić information content (AvgIpc) is 2.65. The number of fused-ring (bicyclic) bond motifs is 1.